The first kappa shape index (κ1) is 14.9. The number of carbonyl (C=O) groups excluding carboxylic acids is 1. The molecule has 1 aromatic carbocycles. The lowest BCUT2D eigenvalue weighted by molar-refractivity contribution is -0.120. The molecule has 1 atom stereocenters. The summed E-state index contributed by atoms with van der Waals surface area (Å²) in [6, 6.07) is 10.1. The molecule has 0 aliphatic heterocycles. The van der Waals surface area contributed by atoms with Gasteiger partial charge in [0.2, 0.25) is 0 Å². The smallest absolute Gasteiger partial charge is 0.133 e. The molecule has 0 fully saturated rings. The number of rotatable bonds is 9. The van der Waals surface area contributed by atoms with Crippen molar-refractivity contribution in [3.63, 3.8) is 0 Å². The van der Waals surface area contributed by atoms with Crippen molar-refractivity contribution >= 4 is 5.78 Å². The molecule has 0 aromatic heterocycles. The van der Waals surface area contributed by atoms with Gasteiger partial charge in [-0.1, -0.05) is 37.3 Å². The highest BCUT2D eigenvalue weighted by atomic mass is 16.5. The summed E-state index contributed by atoms with van der Waals surface area (Å²) in [4.78, 5) is 11.5. The molecular formula is C15H23NO2. The normalized spacial score (nSPS) is 12.3. The predicted octanol–water partition coefficient (Wildman–Crippen LogP) is 2.54. The van der Waals surface area contributed by atoms with E-state index in [0.717, 1.165) is 6.42 Å². The van der Waals surface area contributed by atoms with E-state index in [1.54, 1.807) is 0 Å². The quantitative estimate of drug-likeness (QED) is 0.684. The average molecular weight is 249 g/mol. The van der Waals surface area contributed by atoms with Crippen LogP contribution in [0, 0.1) is 5.92 Å². The first-order chi connectivity index (χ1) is 8.72. The van der Waals surface area contributed by atoms with Crippen LogP contribution in [0.4, 0.5) is 0 Å². The van der Waals surface area contributed by atoms with E-state index < -0.39 is 0 Å². The summed E-state index contributed by atoms with van der Waals surface area (Å²) in [5.41, 5.74) is 6.65. The van der Waals surface area contributed by atoms with E-state index in [4.69, 9.17) is 10.5 Å². The highest BCUT2D eigenvalue weighted by molar-refractivity contribution is 5.78. The van der Waals surface area contributed by atoms with Crippen LogP contribution in [0.5, 0.6) is 0 Å². The first-order valence-electron chi connectivity index (χ1n) is 6.55. The van der Waals surface area contributed by atoms with Gasteiger partial charge in [-0.2, -0.15) is 0 Å². The van der Waals surface area contributed by atoms with Crippen molar-refractivity contribution in [2.45, 2.75) is 32.8 Å². The van der Waals surface area contributed by atoms with Crippen molar-refractivity contribution in [3.05, 3.63) is 35.9 Å². The number of Topliss-reactive ketones (excluding diaryl/α,β-unsaturated/α-hetero) is 1. The zero-order chi connectivity index (χ0) is 13.2. The Labute approximate surface area is 109 Å². The van der Waals surface area contributed by atoms with E-state index in [-0.39, 0.29) is 5.78 Å². The largest absolute Gasteiger partial charge is 0.377 e. The molecule has 18 heavy (non-hydrogen) atoms. The van der Waals surface area contributed by atoms with E-state index in [1.165, 1.54) is 5.56 Å². The number of hydrogen-bond acceptors (Lipinski definition) is 3. The third-order valence-corrected chi connectivity index (χ3v) is 2.83. The van der Waals surface area contributed by atoms with Gasteiger partial charge in [-0.05, 0) is 24.4 Å². The molecule has 0 saturated heterocycles. The number of hydrogen-bond donors (Lipinski definition) is 1. The molecule has 2 N–H and O–H groups in total. The number of ether oxygens (including phenoxy) is 1. The third-order valence-electron chi connectivity index (χ3n) is 2.83. The Balaban J connectivity index is 2.03. The molecule has 0 radical (unpaired) electrons. The van der Waals surface area contributed by atoms with Crippen molar-refractivity contribution in [1.82, 2.24) is 0 Å². The second-order valence-corrected chi connectivity index (χ2v) is 4.73. The molecule has 1 rings (SSSR count). The van der Waals surface area contributed by atoms with E-state index >= 15 is 0 Å². The summed E-state index contributed by atoms with van der Waals surface area (Å²) in [5, 5.41) is 0. The first-order valence-corrected chi connectivity index (χ1v) is 6.55. The monoisotopic (exact) mass is 249 g/mol. The molecule has 3 heteroatoms. The molecule has 0 aliphatic carbocycles. The van der Waals surface area contributed by atoms with Crippen LogP contribution < -0.4 is 5.73 Å². The van der Waals surface area contributed by atoms with Crippen molar-refractivity contribution in [1.29, 1.82) is 0 Å². The summed E-state index contributed by atoms with van der Waals surface area (Å²) in [6.07, 6.45) is 1.98. The van der Waals surface area contributed by atoms with Crippen LogP contribution >= 0.6 is 0 Å². The van der Waals surface area contributed by atoms with Gasteiger partial charge in [0.1, 0.15) is 5.78 Å². The lowest BCUT2D eigenvalue weighted by Gasteiger charge is -2.07. The Bertz CT molecular complexity index is 338. The molecular weight excluding hydrogens is 226 g/mol. The Hall–Kier alpha value is -1.19. The highest BCUT2D eigenvalue weighted by Gasteiger charge is 2.07. The van der Waals surface area contributed by atoms with Crippen LogP contribution in [0.2, 0.25) is 0 Å². The summed E-state index contributed by atoms with van der Waals surface area (Å²) in [7, 11) is 0. The fourth-order valence-corrected chi connectivity index (χ4v) is 1.71. The second-order valence-electron chi connectivity index (χ2n) is 4.73. The molecule has 0 aliphatic rings. The van der Waals surface area contributed by atoms with Crippen LogP contribution in [0.15, 0.2) is 30.3 Å². The number of nitrogens with two attached hydrogens (primary N) is 1. The van der Waals surface area contributed by atoms with Crippen LogP contribution in [0.25, 0.3) is 0 Å². The second kappa shape index (κ2) is 8.84. The molecule has 3 nitrogen and oxygen atoms in total. The Kier molecular flexibility index (Phi) is 7.30. The molecule has 0 amide bonds. The van der Waals surface area contributed by atoms with Gasteiger partial charge >= 0.3 is 0 Å². The zero-order valence-corrected chi connectivity index (χ0v) is 11.1. The molecule has 0 bridgehead atoms. The standard InChI is InChI=1S/C15H23NO2/c1-13(11-16)10-15(17)8-5-9-18-12-14-6-3-2-4-7-14/h2-4,6-7,13H,5,8-12,16H2,1H3. The number of ketones is 1. The SMILES string of the molecule is CC(CN)CC(=O)CCCOCc1ccccc1. The van der Waals surface area contributed by atoms with Gasteiger partial charge in [0.05, 0.1) is 6.61 Å². The van der Waals surface area contributed by atoms with Gasteiger partial charge in [0.25, 0.3) is 0 Å². The molecule has 100 valence electrons. The molecule has 1 unspecified atom stereocenters. The van der Waals surface area contributed by atoms with E-state index in [1.807, 2.05) is 37.3 Å². The molecule has 1 aromatic rings. The van der Waals surface area contributed by atoms with Crippen LogP contribution in [-0.4, -0.2) is 18.9 Å². The minimum absolute atomic E-state index is 0.288. The fourth-order valence-electron chi connectivity index (χ4n) is 1.71. The Morgan fingerprint density at radius 2 is 2.06 bits per heavy atom. The fraction of sp³-hybridized carbons (Fsp3) is 0.533. The number of benzene rings is 1. The molecule has 0 spiro atoms. The maximum atomic E-state index is 11.5. The Morgan fingerprint density at radius 3 is 2.72 bits per heavy atom. The van der Waals surface area contributed by atoms with Gasteiger partial charge in [0.15, 0.2) is 0 Å². The minimum Gasteiger partial charge on any atom is -0.377 e. The third kappa shape index (κ3) is 6.52. The summed E-state index contributed by atoms with van der Waals surface area (Å²) >= 11 is 0. The van der Waals surface area contributed by atoms with Crippen LogP contribution in [-0.2, 0) is 16.1 Å². The van der Waals surface area contributed by atoms with E-state index in [2.05, 4.69) is 0 Å². The van der Waals surface area contributed by atoms with Crippen LogP contribution in [0.3, 0.4) is 0 Å². The summed E-state index contributed by atoms with van der Waals surface area (Å²) in [6.45, 7) is 3.84. The van der Waals surface area contributed by atoms with Crippen molar-refractivity contribution in [2.75, 3.05) is 13.2 Å². The Morgan fingerprint density at radius 1 is 1.33 bits per heavy atom. The molecule has 0 saturated carbocycles. The maximum Gasteiger partial charge on any atom is 0.133 e. The lowest BCUT2D eigenvalue weighted by atomic mass is 10.0. The predicted molar refractivity (Wildman–Crippen MR) is 73.2 cm³/mol. The van der Waals surface area contributed by atoms with Crippen molar-refractivity contribution in [3.8, 4) is 0 Å². The minimum atomic E-state index is 0.288. The number of carbonyl (C=O) groups is 1. The highest BCUT2D eigenvalue weighted by Crippen LogP contribution is 2.05. The average Bonchev–Trinajstić information content (AvgIpc) is 2.39. The van der Waals surface area contributed by atoms with Gasteiger partial charge < -0.3 is 10.5 Å². The lowest BCUT2D eigenvalue weighted by Crippen LogP contribution is -2.15. The topological polar surface area (TPSA) is 52.3 Å². The van der Waals surface area contributed by atoms with Gasteiger partial charge in [-0.15, -0.1) is 0 Å². The van der Waals surface area contributed by atoms with Crippen LogP contribution in [0.1, 0.15) is 31.7 Å². The molecule has 0 heterocycles. The zero-order valence-electron chi connectivity index (χ0n) is 11.1. The van der Waals surface area contributed by atoms with E-state index in [0.29, 0.717) is 38.5 Å². The van der Waals surface area contributed by atoms with Gasteiger partial charge in [-0.25, -0.2) is 0 Å². The summed E-state index contributed by atoms with van der Waals surface area (Å²) in [5.74, 6) is 0.582. The van der Waals surface area contributed by atoms with Crippen molar-refractivity contribution < 1.29 is 9.53 Å². The summed E-state index contributed by atoms with van der Waals surface area (Å²) < 4.78 is 5.52. The van der Waals surface area contributed by atoms with Crippen molar-refractivity contribution in [2.24, 2.45) is 11.7 Å². The van der Waals surface area contributed by atoms with Gasteiger partial charge in [0, 0.05) is 19.4 Å². The van der Waals surface area contributed by atoms with Gasteiger partial charge in [-0.3, -0.25) is 4.79 Å². The maximum absolute atomic E-state index is 11.5. The van der Waals surface area contributed by atoms with E-state index in [9.17, 15) is 4.79 Å².